The Morgan fingerprint density at radius 2 is 1.88 bits per heavy atom. The number of carbonyl (C=O) groups excluding carboxylic acids is 1. The van der Waals surface area contributed by atoms with Gasteiger partial charge in [-0.15, -0.1) is 0 Å². The van der Waals surface area contributed by atoms with E-state index < -0.39 is 0 Å². The van der Waals surface area contributed by atoms with E-state index in [1.54, 1.807) is 12.3 Å². The van der Waals surface area contributed by atoms with Crippen molar-refractivity contribution in [3.05, 3.63) is 83.7 Å². The maximum absolute atomic E-state index is 12.3. The molecular weight excluding hydrogens is 300 g/mol. The number of aromatic nitrogens is 2. The van der Waals surface area contributed by atoms with E-state index in [9.17, 15) is 4.79 Å². The fourth-order valence-electron chi connectivity index (χ4n) is 2.29. The van der Waals surface area contributed by atoms with Crippen molar-refractivity contribution in [2.24, 2.45) is 0 Å². The van der Waals surface area contributed by atoms with Gasteiger partial charge in [0.15, 0.2) is 0 Å². The average molecular weight is 318 g/mol. The SMILES string of the molecule is Cc1cccc(CNc2nccc(C(=O)Nc3ccccc3)n2)c1. The molecule has 5 heteroatoms. The van der Waals surface area contributed by atoms with Crippen molar-refractivity contribution < 1.29 is 4.79 Å². The summed E-state index contributed by atoms with van der Waals surface area (Å²) in [4.78, 5) is 20.7. The van der Waals surface area contributed by atoms with Crippen LogP contribution in [0.3, 0.4) is 0 Å². The van der Waals surface area contributed by atoms with Crippen molar-refractivity contribution in [2.45, 2.75) is 13.5 Å². The van der Waals surface area contributed by atoms with Gasteiger partial charge in [0.05, 0.1) is 0 Å². The molecule has 0 saturated heterocycles. The van der Waals surface area contributed by atoms with Crippen molar-refractivity contribution in [2.75, 3.05) is 10.6 Å². The van der Waals surface area contributed by atoms with Gasteiger partial charge in [0.25, 0.3) is 5.91 Å². The zero-order valence-electron chi connectivity index (χ0n) is 13.4. The van der Waals surface area contributed by atoms with E-state index in [-0.39, 0.29) is 5.91 Å². The molecule has 120 valence electrons. The van der Waals surface area contributed by atoms with Gasteiger partial charge in [-0.05, 0) is 30.7 Å². The molecule has 0 aliphatic rings. The molecule has 2 aromatic carbocycles. The molecule has 3 rings (SSSR count). The molecule has 1 heterocycles. The summed E-state index contributed by atoms with van der Waals surface area (Å²) >= 11 is 0. The van der Waals surface area contributed by atoms with Gasteiger partial charge in [-0.25, -0.2) is 9.97 Å². The maximum atomic E-state index is 12.3. The zero-order chi connectivity index (χ0) is 16.8. The predicted molar refractivity (Wildman–Crippen MR) is 94.9 cm³/mol. The van der Waals surface area contributed by atoms with Gasteiger partial charge in [0.1, 0.15) is 5.69 Å². The minimum atomic E-state index is -0.262. The van der Waals surface area contributed by atoms with Crippen molar-refractivity contribution in [1.82, 2.24) is 9.97 Å². The largest absolute Gasteiger partial charge is 0.350 e. The summed E-state index contributed by atoms with van der Waals surface area (Å²) in [6.45, 7) is 2.65. The molecule has 24 heavy (non-hydrogen) atoms. The van der Waals surface area contributed by atoms with E-state index in [2.05, 4.69) is 39.7 Å². The van der Waals surface area contributed by atoms with Crippen LogP contribution >= 0.6 is 0 Å². The van der Waals surface area contributed by atoms with Gasteiger partial charge in [0, 0.05) is 18.4 Å². The second kappa shape index (κ2) is 7.37. The van der Waals surface area contributed by atoms with Crippen LogP contribution in [0.25, 0.3) is 0 Å². The Bertz CT molecular complexity index is 834. The van der Waals surface area contributed by atoms with Gasteiger partial charge >= 0.3 is 0 Å². The van der Waals surface area contributed by atoms with E-state index in [0.29, 0.717) is 18.2 Å². The summed E-state index contributed by atoms with van der Waals surface area (Å²) < 4.78 is 0. The molecule has 0 unspecified atom stereocenters. The van der Waals surface area contributed by atoms with Crippen LogP contribution in [0.1, 0.15) is 21.6 Å². The van der Waals surface area contributed by atoms with Crippen LogP contribution in [0.15, 0.2) is 66.9 Å². The summed E-state index contributed by atoms with van der Waals surface area (Å²) in [5, 5.41) is 5.95. The number of anilines is 2. The highest BCUT2D eigenvalue weighted by atomic mass is 16.1. The molecule has 3 aromatic rings. The first-order chi connectivity index (χ1) is 11.7. The number of aryl methyl sites for hydroxylation is 1. The molecule has 0 radical (unpaired) electrons. The third kappa shape index (κ3) is 4.16. The molecule has 0 bridgehead atoms. The third-order valence-electron chi connectivity index (χ3n) is 3.45. The number of para-hydroxylation sites is 1. The Morgan fingerprint density at radius 3 is 2.67 bits per heavy atom. The zero-order valence-corrected chi connectivity index (χ0v) is 13.4. The van der Waals surface area contributed by atoms with E-state index in [0.717, 1.165) is 11.3 Å². The van der Waals surface area contributed by atoms with Gasteiger partial charge < -0.3 is 10.6 Å². The molecule has 1 aromatic heterocycles. The quantitative estimate of drug-likeness (QED) is 0.753. The van der Waals surface area contributed by atoms with Crippen molar-refractivity contribution in [1.29, 1.82) is 0 Å². The molecule has 1 amide bonds. The Morgan fingerprint density at radius 1 is 1.04 bits per heavy atom. The van der Waals surface area contributed by atoms with E-state index in [1.807, 2.05) is 42.5 Å². The maximum Gasteiger partial charge on any atom is 0.274 e. The summed E-state index contributed by atoms with van der Waals surface area (Å²) in [6.07, 6.45) is 1.57. The standard InChI is InChI=1S/C19H18N4O/c1-14-6-5-7-15(12-14)13-21-19-20-11-10-17(23-19)18(24)22-16-8-3-2-4-9-16/h2-12H,13H2,1H3,(H,22,24)(H,20,21,23). The highest BCUT2D eigenvalue weighted by Crippen LogP contribution is 2.10. The monoisotopic (exact) mass is 318 g/mol. The Kier molecular flexibility index (Phi) is 4.81. The highest BCUT2D eigenvalue weighted by Gasteiger charge is 2.09. The third-order valence-corrected chi connectivity index (χ3v) is 3.45. The van der Waals surface area contributed by atoms with Crippen LogP contribution in [0, 0.1) is 6.92 Å². The van der Waals surface area contributed by atoms with E-state index in [4.69, 9.17) is 0 Å². The highest BCUT2D eigenvalue weighted by molar-refractivity contribution is 6.02. The topological polar surface area (TPSA) is 66.9 Å². The molecule has 5 nitrogen and oxygen atoms in total. The lowest BCUT2D eigenvalue weighted by Crippen LogP contribution is -2.15. The molecular formula is C19H18N4O. The minimum absolute atomic E-state index is 0.262. The van der Waals surface area contributed by atoms with Crippen LogP contribution in [0.5, 0.6) is 0 Å². The van der Waals surface area contributed by atoms with Crippen LogP contribution < -0.4 is 10.6 Å². The molecule has 0 spiro atoms. The van der Waals surface area contributed by atoms with E-state index >= 15 is 0 Å². The Labute approximate surface area is 140 Å². The van der Waals surface area contributed by atoms with Gasteiger partial charge in [-0.2, -0.15) is 0 Å². The smallest absolute Gasteiger partial charge is 0.274 e. The number of benzene rings is 2. The molecule has 0 aliphatic heterocycles. The van der Waals surface area contributed by atoms with Crippen LogP contribution in [-0.4, -0.2) is 15.9 Å². The Hall–Kier alpha value is -3.21. The number of rotatable bonds is 5. The number of hydrogen-bond donors (Lipinski definition) is 2. The van der Waals surface area contributed by atoms with Gasteiger partial charge in [-0.1, -0.05) is 48.0 Å². The van der Waals surface area contributed by atoms with Crippen molar-refractivity contribution in [3.63, 3.8) is 0 Å². The molecule has 0 atom stereocenters. The van der Waals surface area contributed by atoms with Crippen molar-refractivity contribution in [3.8, 4) is 0 Å². The molecule has 0 aliphatic carbocycles. The van der Waals surface area contributed by atoms with Gasteiger partial charge in [0.2, 0.25) is 5.95 Å². The van der Waals surface area contributed by atoms with Crippen LogP contribution in [0.2, 0.25) is 0 Å². The first-order valence-electron chi connectivity index (χ1n) is 7.69. The van der Waals surface area contributed by atoms with E-state index in [1.165, 1.54) is 5.56 Å². The molecule has 2 N–H and O–H groups in total. The molecule has 0 fully saturated rings. The first-order valence-corrected chi connectivity index (χ1v) is 7.69. The summed E-state index contributed by atoms with van der Waals surface area (Å²) in [6, 6.07) is 19.1. The fourth-order valence-corrected chi connectivity index (χ4v) is 2.29. The Balaban J connectivity index is 1.66. The second-order valence-corrected chi connectivity index (χ2v) is 5.43. The normalized spacial score (nSPS) is 10.2. The number of hydrogen-bond acceptors (Lipinski definition) is 4. The number of nitrogens with one attached hydrogen (secondary N) is 2. The van der Waals surface area contributed by atoms with Crippen LogP contribution in [0.4, 0.5) is 11.6 Å². The predicted octanol–water partition coefficient (Wildman–Crippen LogP) is 3.65. The first kappa shape index (κ1) is 15.7. The number of nitrogens with zero attached hydrogens (tertiary/aromatic N) is 2. The summed E-state index contributed by atoms with van der Waals surface area (Å²) in [7, 11) is 0. The number of amides is 1. The summed E-state index contributed by atoms with van der Waals surface area (Å²) in [5.74, 6) is 0.166. The fraction of sp³-hybridized carbons (Fsp3) is 0.105. The average Bonchev–Trinajstić information content (AvgIpc) is 2.61. The van der Waals surface area contributed by atoms with Gasteiger partial charge in [-0.3, -0.25) is 4.79 Å². The number of carbonyl (C=O) groups is 1. The second-order valence-electron chi connectivity index (χ2n) is 5.43. The van der Waals surface area contributed by atoms with Crippen molar-refractivity contribution >= 4 is 17.5 Å². The summed E-state index contributed by atoms with van der Waals surface area (Å²) in [5.41, 5.74) is 3.39. The lowest BCUT2D eigenvalue weighted by Gasteiger charge is -2.08. The molecule has 0 saturated carbocycles. The lowest BCUT2D eigenvalue weighted by molar-refractivity contribution is 0.102. The van der Waals surface area contributed by atoms with Crippen LogP contribution in [-0.2, 0) is 6.54 Å². The minimum Gasteiger partial charge on any atom is -0.350 e. The lowest BCUT2D eigenvalue weighted by atomic mass is 10.1.